The summed E-state index contributed by atoms with van der Waals surface area (Å²) in [5.41, 5.74) is 1.66. The lowest BCUT2D eigenvalue weighted by Gasteiger charge is -2.21. The number of thiophene rings is 1. The maximum atomic E-state index is 12.8. The second kappa shape index (κ2) is 7.21. The third-order valence-electron chi connectivity index (χ3n) is 5.20. The first-order valence-electron chi connectivity index (χ1n) is 9.09. The summed E-state index contributed by atoms with van der Waals surface area (Å²) in [5, 5.41) is 5.53. The first-order chi connectivity index (χ1) is 12.6. The lowest BCUT2D eigenvalue weighted by Crippen LogP contribution is -2.35. The van der Waals surface area contributed by atoms with Crippen LogP contribution in [0, 0.1) is 6.92 Å². The topological polar surface area (TPSA) is 41.4 Å². The van der Waals surface area contributed by atoms with Crippen molar-refractivity contribution in [2.45, 2.75) is 19.9 Å². The molecule has 0 spiro atoms. The summed E-state index contributed by atoms with van der Waals surface area (Å²) in [6.07, 6.45) is 2.70. The van der Waals surface area contributed by atoms with Gasteiger partial charge in [-0.2, -0.15) is 5.10 Å². The molecule has 6 heteroatoms. The number of benzene rings is 1. The van der Waals surface area contributed by atoms with E-state index in [1.54, 1.807) is 10.9 Å². The number of aryl methyl sites for hydroxylation is 1. The van der Waals surface area contributed by atoms with Gasteiger partial charge < -0.3 is 4.90 Å². The van der Waals surface area contributed by atoms with E-state index in [2.05, 4.69) is 40.3 Å². The van der Waals surface area contributed by atoms with Crippen molar-refractivity contribution in [3.63, 3.8) is 0 Å². The molecule has 0 bridgehead atoms. The molecule has 1 saturated heterocycles. The lowest BCUT2D eigenvalue weighted by molar-refractivity contribution is 0.0760. The highest BCUT2D eigenvalue weighted by Gasteiger charge is 2.23. The number of rotatable bonds is 3. The predicted octanol–water partition coefficient (Wildman–Crippen LogP) is 3.29. The fraction of sp³-hybridized carbons (Fsp3) is 0.400. The molecule has 1 aliphatic heterocycles. The first kappa shape index (κ1) is 17.2. The molecule has 1 aromatic carbocycles. The molecular formula is C20H24N4OS. The number of aromatic nitrogens is 2. The van der Waals surface area contributed by atoms with Gasteiger partial charge in [0, 0.05) is 55.0 Å². The number of hydrogen-bond acceptors (Lipinski definition) is 4. The minimum absolute atomic E-state index is 0.110. The molecule has 4 rings (SSSR count). The number of carbonyl (C=O) groups excluding carboxylic acids is 1. The minimum atomic E-state index is 0.110. The van der Waals surface area contributed by atoms with Crippen LogP contribution in [-0.4, -0.2) is 51.7 Å². The van der Waals surface area contributed by atoms with Crippen molar-refractivity contribution in [2.24, 2.45) is 7.05 Å². The van der Waals surface area contributed by atoms with Gasteiger partial charge in [0.2, 0.25) is 0 Å². The molecule has 0 N–H and O–H groups in total. The van der Waals surface area contributed by atoms with Gasteiger partial charge in [-0.25, -0.2) is 0 Å². The van der Waals surface area contributed by atoms with Crippen molar-refractivity contribution in [3.05, 3.63) is 52.7 Å². The zero-order chi connectivity index (χ0) is 18.1. The van der Waals surface area contributed by atoms with Crippen molar-refractivity contribution >= 4 is 27.3 Å². The third-order valence-corrected chi connectivity index (χ3v) is 6.30. The van der Waals surface area contributed by atoms with Crippen LogP contribution in [0.25, 0.3) is 10.1 Å². The van der Waals surface area contributed by atoms with E-state index in [9.17, 15) is 4.79 Å². The van der Waals surface area contributed by atoms with Crippen molar-refractivity contribution in [1.29, 1.82) is 0 Å². The SMILES string of the molecule is Cc1c(C(=O)N2CCCN(Cc3cc4ccccc4s3)CC2)cnn1C. The maximum absolute atomic E-state index is 12.8. The molecule has 0 aliphatic carbocycles. The molecule has 3 heterocycles. The summed E-state index contributed by atoms with van der Waals surface area (Å²) in [4.78, 5) is 18.7. The highest BCUT2D eigenvalue weighted by atomic mass is 32.1. The number of hydrogen-bond donors (Lipinski definition) is 0. The zero-order valence-electron chi connectivity index (χ0n) is 15.3. The average Bonchev–Trinajstić information content (AvgIpc) is 3.10. The Balaban J connectivity index is 1.41. The second-order valence-electron chi connectivity index (χ2n) is 6.94. The molecule has 0 unspecified atom stereocenters. The van der Waals surface area contributed by atoms with E-state index in [1.165, 1.54) is 15.0 Å². The smallest absolute Gasteiger partial charge is 0.257 e. The van der Waals surface area contributed by atoms with Gasteiger partial charge in [-0.15, -0.1) is 11.3 Å². The average molecular weight is 369 g/mol. The molecule has 0 atom stereocenters. The minimum Gasteiger partial charge on any atom is -0.337 e. The van der Waals surface area contributed by atoms with Crippen molar-refractivity contribution in [1.82, 2.24) is 19.6 Å². The molecular weight excluding hydrogens is 344 g/mol. The molecule has 26 heavy (non-hydrogen) atoms. The number of fused-ring (bicyclic) bond motifs is 1. The van der Waals surface area contributed by atoms with Crippen molar-refractivity contribution in [2.75, 3.05) is 26.2 Å². The Morgan fingerprint density at radius 1 is 1.19 bits per heavy atom. The van der Waals surface area contributed by atoms with Crippen molar-refractivity contribution < 1.29 is 4.79 Å². The van der Waals surface area contributed by atoms with E-state index in [4.69, 9.17) is 0 Å². The molecule has 3 aromatic rings. The highest BCUT2D eigenvalue weighted by molar-refractivity contribution is 7.19. The van der Waals surface area contributed by atoms with Gasteiger partial charge in [0.15, 0.2) is 0 Å². The maximum Gasteiger partial charge on any atom is 0.257 e. The molecule has 0 saturated carbocycles. The molecule has 0 radical (unpaired) electrons. The highest BCUT2D eigenvalue weighted by Crippen LogP contribution is 2.26. The van der Waals surface area contributed by atoms with E-state index < -0.39 is 0 Å². The third kappa shape index (κ3) is 3.39. The Kier molecular flexibility index (Phi) is 4.78. The van der Waals surface area contributed by atoms with E-state index in [0.717, 1.165) is 50.4 Å². The Morgan fingerprint density at radius 2 is 2.04 bits per heavy atom. The Morgan fingerprint density at radius 3 is 2.81 bits per heavy atom. The van der Waals surface area contributed by atoms with Crippen LogP contribution in [0.1, 0.15) is 27.3 Å². The van der Waals surface area contributed by atoms with Gasteiger partial charge >= 0.3 is 0 Å². The molecule has 1 amide bonds. The normalized spacial score (nSPS) is 16.2. The van der Waals surface area contributed by atoms with E-state index in [1.807, 2.05) is 30.2 Å². The number of nitrogens with zero attached hydrogens (tertiary/aromatic N) is 4. The summed E-state index contributed by atoms with van der Waals surface area (Å²) in [7, 11) is 1.88. The monoisotopic (exact) mass is 368 g/mol. The van der Waals surface area contributed by atoms with Gasteiger partial charge in [0.25, 0.3) is 5.91 Å². The van der Waals surface area contributed by atoms with Gasteiger partial charge in [0.05, 0.1) is 11.8 Å². The van der Waals surface area contributed by atoms with Crippen LogP contribution in [0.5, 0.6) is 0 Å². The van der Waals surface area contributed by atoms with Crippen LogP contribution >= 0.6 is 11.3 Å². The lowest BCUT2D eigenvalue weighted by atomic mass is 10.2. The van der Waals surface area contributed by atoms with Gasteiger partial charge in [-0.3, -0.25) is 14.4 Å². The van der Waals surface area contributed by atoms with E-state index >= 15 is 0 Å². The summed E-state index contributed by atoms with van der Waals surface area (Å²) >= 11 is 1.87. The summed E-state index contributed by atoms with van der Waals surface area (Å²) in [6, 6.07) is 10.8. The largest absolute Gasteiger partial charge is 0.337 e. The Labute approximate surface area is 157 Å². The zero-order valence-corrected chi connectivity index (χ0v) is 16.1. The number of carbonyl (C=O) groups is 1. The second-order valence-corrected chi connectivity index (χ2v) is 8.11. The summed E-state index contributed by atoms with van der Waals surface area (Å²) < 4.78 is 3.11. The fourth-order valence-corrected chi connectivity index (χ4v) is 4.65. The summed E-state index contributed by atoms with van der Waals surface area (Å²) in [5.74, 6) is 0.110. The van der Waals surface area contributed by atoms with Crippen LogP contribution in [0.3, 0.4) is 0 Å². The number of amides is 1. The van der Waals surface area contributed by atoms with Gasteiger partial charge in [-0.1, -0.05) is 18.2 Å². The standard InChI is InChI=1S/C20H24N4OS/c1-15-18(13-21-22(15)2)20(25)24-9-5-8-23(10-11-24)14-17-12-16-6-3-4-7-19(16)26-17/h3-4,6-7,12-13H,5,8-11,14H2,1-2H3. The van der Waals surface area contributed by atoms with Gasteiger partial charge in [0.1, 0.15) is 0 Å². The molecule has 2 aromatic heterocycles. The van der Waals surface area contributed by atoms with E-state index in [-0.39, 0.29) is 5.91 Å². The van der Waals surface area contributed by atoms with Crippen LogP contribution in [0.15, 0.2) is 36.5 Å². The van der Waals surface area contributed by atoms with E-state index in [0.29, 0.717) is 0 Å². The fourth-order valence-electron chi connectivity index (χ4n) is 3.55. The predicted molar refractivity (Wildman–Crippen MR) is 106 cm³/mol. The first-order valence-corrected chi connectivity index (χ1v) is 9.91. The van der Waals surface area contributed by atoms with Crippen LogP contribution in [0.2, 0.25) is 0 Å². The van der Waals surface area contributed by atoms with Crippen molar-refractivity contribution in [3.8, 4) is 0 Å². The molecule has 5 nitrogen and oxygen atoms in total. The van der Waals surface area contributed by atoms with Gasteiger partial charge in [-0.05, 0) is 30.9 Å². The quantitative estimate of drug-likeness (QED) is 0.712. The molecule has 1 aliphatic rings. The Hall–Kier alpha value is -2.18. The van der Waals surface area contributed by atoms with Crippen LogP contribution < -0.4 is 0 Å². The molecule has 1 fully saturated rings. The van der Waals surface area contributed by atoms with Crippen LogP contribution in [0.4, 0.5) is 0 Å². The molecule has 136 valence electrons. The van der Waals surface area contributed by atoms with Crippen LogP contribution in [-0.2, 0) is 13.6 Å². The Bertz CT molecular complexity index is 896. The summed E-state index contributed by atoms with van der Waals surface area (Å²) in [6.45, 7) is 6.45.